The maximum absolute atomic E-state index is 11.7. The minimum atomic E-state index is -3.31. The summed E-state index contributed by atoms with van der Waals surface area (Å²) in [5.74, 6) is -0.537. The van der Waals surface area contributed by atoms with Crippen LogP contribution in [0.25, 0.3) is 0 Å². The molecule has 0 aliphatic heterocycles. The number of rotatable bonds is 9. The molecule has 0 fully saturated rings. The smallest absolute Gasteiger partial charge is 0.323 e. The van der Waals surface area contributed by atoms with Gasteiger partial charge in [-0.05, 0) is 19.8 Å². The Morgan fingerprint density at radius 3 is 2.14 bits per heavy atom. The molecule has 0 spiro atoms. The lowest BCUT2D eigenvalue weighted by molar-refractivity contribution is -0.152. The van der Waals surface area contributed by atoms with E-state index < -0.39 is 28.1 Å². The summed E-state index contributed by atoms with van der Waals surface area (Å²) in [6.07, 6.45) is 0.466. The largest absolute Gasteiger partial charge is 0.462 e. The standard InChI is InChI=1S/C13H28N2O5S/c1-9(2)12(14)13(16)19-8-11(20-10(3)4)7-15(5)21(6,17)18/h9-12H,7-8,14H2,1-6H3/t11-,12+/m0/s1. The molecule has 0 saturated heterocycles. The highest BCUT2D eigenvalue weighted by Crippen LogP contribution is 2.06. The molecule has 0 heterocycles. The molecule has 2 N–H and O–H groups in total. The summed E-state index contributed by atoms with van der Waals surface area (Å²) in [6, 6.07) is -0.697. The first-order valence-electron chi connectivity index (χ1n) is 6.94. The van der Waals surface area contributed by atoms with Gasteiger partial charge in [0, 0.05) is 13.6 Å². The van der Waals surface area contributed by atoms with Crippen molar-refractivity contribution in [3.05, 3.63) is 0 Å². The molecule has 0 aliphatic rings. The molecule has 0 saturated carbocycles. The van der Waals surface area contributed by atoms with Gasteiger partial charge in [-0.2, -0.15) is 0 Å². The Balaban J connectivity index is 4.61. The van der Waals surface area contributed by atoms with Gasteiger partial charge in [0.05, 0.1) is 12.4 Å². The summed E-state index contributed by atoms with van der Waals surface area (Å²) < 4.78 is 34.7. The van der Waals surface area contributed by atoms with E-state index in [-0.39, 0.29) is 25.2 Å². The van der Waals surface area contributed by atoms with Crippen molar-refractivity contribution < 1.29 is 22.7 Å². The van der Waals surface area contributed by atoms with Crippen LogP contribution in [0.5, 0.6) is 0 Å². The maximum Gasteiger partial charge on any atom is 0.323 e. The Hall–Kier alpha value is -0.700. The van der Waals surface area contributed by atoms with Crippen LogP contribution in [0, 0.1) is 5.92 Å². The van der Waals surface area contributed by atoms with Gasteiger partial charge in [0.15, 0.2) is 0 Å². The lowest BCUT2D eigenvalue weighted by Crippen LogP contribution is -2.42. The Labute approximate surface area is 127 Å². The fourth-order valence-electron chi connectivity index (χ4n) is 1.49. The first-order valence-corrected chi connectivity index (χ1v) is 8.79. The lowest BCUT2D eigenvalue weighted by Gasteiger charge is -2.25. The van der Waals surface area contributed by atoms with Crippen molar-refractivity contribution in [3.63, 3.8) is 0 Å². The predicted octanol–water partition coefficient (Wildman–Crippen LogP) is 0.198. The molecule has 0 aliphatic carbocycles. The number of carbonyl (C=O) groups excluding carboxylic acids is 1. The van der Waals surface area contributed by atoms with Crippen molar-refractivity contribution in [1.82, 2.24) is 4.31 Å². The van der Waals surface area contributed by atoms with E-state index in [1.165, 1.54) is 7.05 Å². The zero-order chi connectivity index (χ0) is 16.8. The van der Waals surface area contributed by atoms with Crippen molar-refractivity contribution in [2.75, 3.05) is 26.5 Å². The highest BCUT2D eigenvalue weighted by Gasteiger charge is 2.24. The van der Waals surface area contributed by atoms with Gasteiger partial charge in [-0.25, -0.2) is 12.7 Å². The van der Waals surface area contributed by atoms with E-state index in [4.69, 9.17) is 15.2 Å². The maximum atomic E-state index is 11.7. The zero-order valence-electron chi connectivity index (χ0n) is 13.7. The van der Waals surface area contributed by atoms with E-state index in [0.717, 1.165) is 10.6 Å². The molecule has 2 atom stereocenters. The summed E-state index contributed by atoms with van der Waals surface area (Å²) in [6.45, 7) is 7.39. The molecular formula is C13H28N2O5S. The highest BCUT2D eigenvalue weighted by atomic mass is 32.2. The molecule has 7 nitrogen and oxygen atoms in total. The number of ether oxygens (including phenoxy) is 2. The Morgan fingerprint density at radius 2 is 1.76 bits per heavy atom. The number of sulfonamides is 1. The summed E-state index contributed by atoms with van der Waals surface area (Å²) in [5.41, 5.74) is 5.70. The molecule has 0 aromatic carbocycles. The van der Waals surface area contributed by atoms with E-state index in [9.17, 15) is 13.2 Å². The van der Waals surface area contributed by atoms with E-state index in [2.05, 4.69) is 0 Å². The normalized spacial score (nSPS) is 15.5. The van der Waals surface area contributed by atoms with Crippen LogP contribution in [0.3, 0.4) is 0 Å². The van der Waals surface area contributed by atoms with Crippen LogP contribution in [-0.4, -0.2) is 63.4 Å². The Bertz CT molecular complexity index is 422. The van der Waals surface area contributed by atoms with E-state index in [1.807, 2.05) is 27.7 Å². The number of nitrogens with two attached hydrogens (primary N) is 1. The van der Waals surface area contributed by atoms with Crippen LogP contribution in [-0.2, 0) is 24.3 Å². The van der Waals surface area contributed by atoms with Gasteiger partial charge in [0.1, 0.15) is 18.8 Å². The fourth-order valence-corrected chi connectivity index (χ4v) is 1.92. The van der Waals surface area contributed by atoms with Gasteiger partial charge in [-0.1, -0.05) is 13.8 Å². The SMILES string of the molecule is CC(C)O[C@H](COC(=O)[C@H](N)C(C)C)CN(C)S(C)(=O)=O. The summed E-state index contributed by atoms with van der Waals surface area (Å²) >= 11 is 0. The average molecular weight is 324 g/mol. The third-order valence-electron chi connectivity index (χ3n) is 2.89. The van der Waals surface area contributed by atoms with Crippen molar-refractivity contribution in [2.45, 2.75) is 45.9 Å². The van der Waals surface area contributed by atoms with E-state index in [1.54, 1.807) is 0 Å². The monoisotopic (exact) mass is 324 g/mol. The molecule has 0 aromatic rings. The molecule has 21 heavy (non-hydrogen) atoms. The molecule has 0 unspecified atom stereocenters. The number of carbonyl (C=O) groups is 1. The lowest BCUT2D eigenvalue weighted by atomic mass is 10.1. The molecule has 8 heteroatoms. The van der Waals surface area contributed by atoms with Gasteiger partial charge < -0.3 is 15.2 Å². The molecule has 126 valence electrons. The van der Waals surface area contributed by atoms with E-state index in [0.29, 0.717) is 0 Å². The van der Waals surface area contributed by atoms with Crippen LogP contribution in [0.2, 0.25) is 0 Å². The Morgan fingerprint density at radius 1 is 1.24 bits per heavy atom. The second-order valence-electron chi connectivity index (χ2n) is 5.75. The quantitative estimate of drug-likeness (QED) is 0.608. The molecule has 0 amide bonds. The van der Waals surface area contributed by atoms with Gasteiger partial charge in [-0.3, -0.25) is 4.79 Å². The number of esters is 1. The molecule has 0 aromatic heterocycles. The highest BCUT2D eigenvalue weighted by molar-refractivity contribution is 7.88. The topological polar surface area (TPSA) is 98.9 Å². The number of hydrogen-bond donors (Lipinski definition) is 1. The number of likely N-dealkylation sites (N-methyl/N-ethyl adjacent to an activating group) is 1. The first-order chi connectivity index (χ1) is 9.45. The third kappa shape index (κ3) is 8.35. The van der Waals surface area contributed by atoms with Gasteiger partial charge in [-0.15, -0.1) is 0 Å². The average Bonchev–Trinajstić information content (AvgIpc) is 2.32. The molecule has 0 rings (SSSR count). The third-order valence-corrected chi connectivity index (χ3v) is 4.17. The summed E-state index contributed by atoms with van der Waals surface area (Å²) in [7, 11) is -1.86. The van der Waals surface area contributed by atoms with Crippen LogP contribution >= 0.6 is 0 Å². The van der Waals surface area contributed by atoms with Gasteiger partial charge in [0.25, 0.3) is 0 Å². The van der Waals surface area contributed by atoms with Crippen LogP contribution < -0.4 is 5.73 Å². The molecular weight excluding hydrogens is 296 g/mol. The minimum Gasteiger partial charge on any atom is -0.462 e. The van der Waals surface area contributed by atoms with Crippen molar-refractivity contribution in [3.8, 4) is 0 Å². The van der Waals surface area contributed by atoms with Crippen LogP contribution in [0.4, 0.5) is 0 Å². The van der Waals surface area contributed by atoms with Crippen LogP contribution in [0.15, 0.2) is 0 Å². The van der Waals surface area contributed by atoms with Gasteiger partial charge in [0.2, 0.25) is 10.0 Å². The first kappa shape index (κ1) is 20.3. The molecule has 0 bridgehead atoms. The summed E-state index contributed by atoms with van der Waals surface area (Å²) in [4.78, 5) is 11.7. The van der Waals surface area contributed by atoms with E-state index >= 15 is 0 Å². The summed E-state index contributed by atoms with van der Waals surface area (Å²) in [5, 5.41) is 0. The molecule has 0 radical (unpaired) electrons. The number of hydrogen-bond acceptors (Lipinski definition) is 6. The van der Waals surface area contributed by atoms with Crippen molar-refractivity contribution >= 4 is 16.0 Å². The predicted molar refractivity (Wildman–Crippen MR) is 81.3 cm³/mol. The second kappa shape index (κ2) is 8.67. The number of nitrogens with zero attached hydrogens (tertiary/aromatic N) is 1. The fraction of sp³-hybridized carbons (Fsp3) is 0.923. The minimum absolute atomic E-state index is 0.0272. The van der Waals surface area contributed by atoms with Gasteiger partial charge >= 0.3 is 5.97 Å². The van der Waals surface area contributed by atoms with Crippen molar-refractivity contribution in [2.24, 2.45) is 11.7 Å². The second-order valence-corrected chi connectivity index (χ2v) is 7.84. The van der Waals surface area contributed by atoms with Crippen LogP contribution in [0.1, 0.15) is 27.7 Å². The zero-order valence-corrected chi connectivity index (χ0v) is 14.5. The Kier molecular flexibility index (Phi) is 8.38. The van der Waals surface area contributed by atoms with Crippen molar-refractivity contribution in [1.29, 1.82) is 0 Å².